The van der Waals surface area contributed by atoms with Gasteiger partial charge in [0.05, 0.1) is 18.4 Å². The van der Waals surface area contributed by atoms with Crippen LogP contribution >= 0.6 is 0 Å². The molecule has 0 aliphatic rings. The Morgan fingerprint density at radius 3 is 3.17 bits per heavy atom. The second-order valence-corrected chi connectivity index (χ2v) is 4.65. The second kappa shape index (κ2) is 5.29. The number of nitrogens with zero attached hydrogens (tertiary/aromatic N) is 8. The summed E-state index contributed by atoms with van der Waals surface area (Å²) in [6.45, 7) is 0.291. The standard InChI is InChI=1S/C12H10N10O/c23-12(9-3-10(18-17-9)22-7-15-19-20-22)14-4-8-6-21-2-1-13-5-11(21)16-8/h1-3,5-7H,4H2,(H,14,23)(H,17,18). The molecule has 11 nitrogen and oxygen atoms in total. The molecule has 0 aromatic carbocycles. The van der Waals surface area contributed by atoms with Gasteiger partial charge in [-0.2, -0.15) is 9.78 Å². The van der Waals surface area contributed by atoms with Gasteiger partial charge in [-0.3, -0.25) is 14.9 Å². The molecule has 4 rings (SSSR count). The fourth-order valence-electron chi connectivity index (χ4n) is 2.06. The number of amides is 1. The van der Waals surface area contributed by atoms with Gasteiger partial charge in [0.25, 0.3) is 5.91 Å². The van der Waals surface area contributed by atoms with Crippen LogP contribution in [-0.2, 0) is 6.54 Å². The Hall–Kier alpha value is -3.63. The maximum Gasteiger partial charge on any atom is 0.269 e. The fourth-order valence-corrected chi connectivity index (χ4v) is 2.06. The van der Waals surface area contributed by atoms with Gasteiger partial charge in [0.1, 0.15) is 12.0 Å². The lowest BCUT2D eigenvalue weighted by molar-refractivity contribution is 0.0945. The van der Waals surface area contributed by atoms with Crippen molar-refractivity contribution in [3.8, 4) is 5.82 Å². The molecular weight excluding hydrogens is 300 g/mol. The highest BCUT2D eigenvalue weighted by atomic mass is 16.1. The predicted molar refractivity (Wildman–Crippen MR) is 75.5 cm³/mol. The molecule has 0 aliphatic carbocycles. The van der Waals surface area contributed by atoms with E-state index < -0.39 is 0 Å². The average Bonchev–Trinajstić information content (AvgIpc) is 3.31. The van der Waals surface area contributed by atoms with Crippen LogP contribution in [0.3, 0.4) is 0 Å². The quantitative estimate of drug-likeness (QED) is 0.512. The van der Waals surface area contributed by atoms with E-state index in [0.29, 0.717) is 18.1 Å². The molecule has 0 radical (unpaired) electrons. The number of H-pyrrole nitrogens is 1. The topological polar surface area (TPSA) is 132 Å². The van der Waals surface area contributed by atoms with Gasteiger partial charge in [0.15, 0.2) is 11.5 Å². The Labute approximate surface area is 128 Å². The number of fused-ring (bicyclic) bond motifs is 1. The highest BCUT2D eigenvalue weighted by molar-refractivity contribution is 5.92. The molecule has 4 heterocycles. The first kappa shape index (κ1) is 13.1. The summed E-state index contributed by atoms with van der Waals surface area (Å²) in [5.41, 5.74) is 1.76. The molecule has 0 saturated carbocycles. The maximum atomic E-state index is 12.1. The molecule has 4 aromatic rings. The summed E-state index contributed by atoms with van der Waals surface area (Å²) in [5, 5.41) is 20.1. The number of nitrogens with one attached hydrogen (secondary N) is 2. The van der Waals surface area contributed by atoms with Crippen molar-refractivity contribution < 1.29 is 4.79 Å². The van der Waals surface area contributed by atoms with Crippen molar-refractivity contribution in [3.63, 3.8) is 0 Å². The van der Waals surface area contributed by atoms with Gasteiger partial charge < -0.3 is 9.72 Å². The van der Waals surface area contributed by atoms with Crippen LogP contribution < -0.4 is 5.32 Å². The minimum atomic E-state index is -0.299. The van der Waals surface area contributed by atoms with Gasteiger partial charge in [0, 0.05) is 24.7 Å². The predicted octanol–water partition coefficient (Wildman–Crippen LogP) is -0.642. The summed E-state index contributed by atoms with van der Waals surface area (Å²) in [6.07, 6.45) is 8.33. The van der Waals surface area contributed by atoms with Crippen molar-refractivity contribution in [1.29, 1.82) is 0 Å². The van der Waals surface area contributed by atoms with Crippen LogP contribution in [0.25, 0.3) is 11.5 Å². The van der Waals surface area contributed by atoms with Crippen molar-refractivity contribution in [2.45, 2.75) is 6.54 Å². The van der Waals surface area contributed by atoms with E-state index >= 15 is 0 Å². The van der Waals surface area contributed by atoms with E-state index in [1.807, 2.05) is 10.6 Å². The van der Waals surface area contributed by atoms with Crippen LogP contribution in [0.15, 0.2) is 37.2 Å². The molecule has 1 amide bonds. The molecule has 0 saturated heterocycles. The number of rotatable bonds is 4. The van der Waals surface area contributed by atoms with Crippen molar-refractivity contribution in [2.24, 2.45) is 0 Å². The monoisotopic (exact) mass is 310 g/mol. The third kappa shape index (κ3) is 2.50. The van der Waals surface area contributed by atoms with Gasteiger partial charge >= 0.3 is 0 Å². The molecule has 4 aromatic heterocycles. The highest BCUT2D eigenvalue weighted by Gasteiger charge is 2.12. The Morgan fingerprint density at radius 2 is 2.35 bits per heavy atom. The lowest BCUT2D eigenvalue weighted by Crippen LogP contribution is -2.23. The molecule has 23 heavy (non-hydrogen) atoms. The molecule has 0 fully saturated rings. The molecule has 0 unspecified atom stereocenters. The summed E-state index contributed by atoms with van der Waals surface area (Å²) >= 11 is 0. The van der Waals surface area contributed by atoms with Gasteiger partial charge in [-0.15, -0.1) is 5.10 Å². The molecule has 0 bridgehead atoms. The molecule has 0 spiro atoms. The van der Waals surface area contributed by atoms with Gasteiger partial charge in [-0.1, -0.05) is 0 Å². The normalized spacial score (nSPS) is 11.0. The minimum Gasteiger partial charge on any atom is -0.345 e. The number of aromatic amines is 1. The summed E-state index contributed by atoms with van der Waals surface area (Å²) in [6, 6.07) is 1.55. The van der Waals surface area contributed by atoms with Crippen LogP contribution in [0.1, 0.15) is 16.2 Å². The van der Waals surface area contributed by atoms with Gasteiger partial charge in [-0.25, -0.2) is 4.98 Å². The molecule has 11 heteroatoms. The van der Waals surface area contributed by atoms with Crippen LogP contribution in [0.2, 0.25) is 0 Å². The first-order chi connectivity index (χ1) is 11.3. The van der Waals surface area contributed by atoms with E-state index in [4.69, 9.17) is 0 Å². The van der Waals surface area contributed by atoms with Crippen LogP contribution in [0, 0.1) is 0 Å². The Morgan fingerprint density at radius 1 is 1.39 bits per heavy atom. The van der Waals surface area contributed by atoms with Crippen molar-refractivity contribution in [2.75, 3.05) is 0 Å². The number of hydrogen-bond acceptors (Lipinski definition) is 7. The fraction of sp³-hybridized carbons (Fsp3) is 0.0833. The number of imidazole rings is 1. The van der Waals surface area contributed by atoms with E-state index in [-0.39, 0.29) is 5.91 Å². The largest absolute Gasteiger partial charge is 0.345 e. The molecule has 0 atom stereocenters. The SMILES string of the molecule is O=C(NCc1cn2ccncc2n1)c1cc(-n2cnnn2)n[nH]1. The highest BCUT2D eigenvalue weighted by Crippen LogP contribution is 2.05. The first-order valence-electron chi connectivity index (χ1n) is 6.64. The Balaban J connectivity index is 1.45. The minimum absolute atomic E-state index is 0.291. The second-order valence-electron chi connectivity index (χ2n) is 4.65. The molecule has 2 N–H and O–H groups in total. The zero-order valence-corrected chi connectivity index (χ0v) is 11.7. The average molecular weight is 310 g/mol. The van der Waals surface area contributed by atoms with Crippen molar-refractivity contribution >= 4 is 11.6 Å². The molecular formula is C12H10N10O. The van der Waals surface area contributed by atoms with E-state index in [0.717, 1.165) is 11.3 Å². The number of aromatic nitrogens is 9. The number of hydrogen-bond donors (Lipinski definition) is 2. The number of carbonyl (C=O) groups is 1. The molecule has 0 aliphatic heterocycles. The zero-order chi connectivity index (χ0) is 15.6. The third-order valence-electron chi connectivity index (χ3n) is 3.14. The lowest BCUT2D eigenvalue weighted by Gasteiger charge is -1.99. The Kier molecular flexibility index (Phi) is 3.00. The number of carbonyl (C=O) groups excluding carboxylic acids is 1. The number of tetrazole rings is 1. The van der Waals surface area contributed by atoms with Gasteiger partial charge in [-0.05, 0) is 10.4 Å². The van der Waals surface area contributed by atoms with E-state index in [9.17, 15) is 4.79 Å². The van der Waals surface area contributed by atoms with Crippen LogP contribution in [0.5, 0.6) is 0 Å². The van der Waals surface area contributed by atoms with Crippen LogP contribution in [0.4, 0.5) is 0 Å². The first-order valence-corrected chi connectivity index (χ1v) is 6.64. The summed E-state index contributed by atoms with van der Waals surface area (Å²) < 4.78 is 3.18. The molecule has 114 valence electrons. The Bertz CT molecular complexity index is 920. The van der Waals surface area contributed by atoms with Crippen molar-refractivity contribution in [3.05, 3.63) is 48.6 Å². The summed E-state index contributed by atoms with van der Waals surface area (Å²) in [4.78, 5) is 20.5. The van der Waals surface area contributed by atoms with E-state index in [1.54, 1.807) is 24.7 Å². The van der Waals surface area contributed by atoms with E-state index in [2.05, 4.69) is 41.0 Å². The smallest absolute Gasteiger partial charge is 0.269 e. The lowest BCUT2D eigenvalue weighted by atomic mass is 10.3. The van der Waals surface area contributed by atoms with Crippen molar-refractivity contribution in [1.82, 2.24) is 50.1 Å². The van der Waals surface area contributed by atoms with E-state index in [1.165, 1.54) is 11.0 Å². The van der Waals surface area contributed by atoms with Crippen LogP contribution in [-0.4, -0.2) is 50.7 Å². The summed E-state index contributed by atoms with van der Waals surface area (Å²) in [7, 11) is 0. The maximum absolute atomic E-state index is 12.1. The zero-order valence-electron chi connectivity index (χ0n) is 11.7. The van der Waals surface area contributed by atoms with Gasteiger partial charge in [0.2, 0.25) is 0 Å². The third-order valence-corrected chi connectivity index (χ3v) is 3.14. The summed E-state index contributed by atoms with van der Waals surface area (Å²) in [5.74, 6) is 0.131.